The number of aliphatic hydroxyl groups is 1. The predicted octanol–water partition coefficient (Wildman–Crippen LogP) is 2.54. The maximum Gasteiger partial charge on any atom is 0.339 e. The average molecular weight is 366 g/mol. The zero-order chi connectivity index (χ0) is 16.5. The molecule has 2 aliphatic rings. The Bertz CT molecular complexity index is 798. The molecule has 1 saturated heterocycles. The zero-order valence-corrected chi connectivity index (χ0v) is 15.0. The van der Waals surface area contributed by atoms with Gasteiger partial charge in [0.2, 0.25) is 0 Å². The number of nitrogens with zero attached hydrogens (tertiary/aromatic N) is 1. The molecular weight excluding hydrogens is 342 g/mol. The summed E-state index contributed by atoms with van der Waals surface area (Å²) < 4.78 is 11.2. The van der Waals surface area contributed by atoms with E-state index in [-0.39, 0.29) is 24.6 Å². The van der Waals surface area contributed by atoms with Crippen molar-refractivity contribution in [1.82, 2.24) is 4.90 Å². The first-order valence-electron chi connectivity index (χ1n) is 8.82. The Morgan fingerprint density at radius 3 is 2.72 bits per heavy atom. The van der Waals surface area contributed by atoms with Gasteiger partial charge in [-0.1, -0.05) is 0 Å². The number of benzene rings is 1. The molecule has 1 aliphatic carbocycles. The molecule has 6 heteroatoms. The van der Waals surface area contributed by atoms with Crippen LogP contribution in [0.2, 0.25) is 0 Å². The second-order valence-corrected chi connectivity index (χ2v) is 6.83. The Balaban J connectivity index is 0.00000182. The Kier molecular flexibility index (Phi) is 5.67. The monoisotopic (exact) mass is 365 g/mol. The largest absolute Gasteiger partial charge is 0.491 e. The number of rotatable bonds is 5. The fourth-order valence-electron chi connectivity index (χ4n) is 3.86. The standard InChI is InChI=1S/C19H23NO4.ClH/c21-13(11-20-8-1-2-9-20)12-23-14-6-7-16-15-4-3-5-17(15)19(22)24-18(16)10-14;/h6-7,10,13,21H,1-5,8-9,11-12H2;1H. The van der Waals surface area contributed by atoms with Crippen LogP contribution in [0.25, 0.3) is 11.0 Å². The van der Waals surface area contributed by atoms with E-state index < -0.39 is 6.10 Å². The van der Waals surface area contributed by atoms with E-state index in [0.717, 1.165) is 48.9 Å². The highest BCUT2D eigenvalue weighted by molar-refractivity contribution is 5.85. The summed E-state index contributed by atoms with van der Waals surface area (Å²) in [5.74, 6) is 0.629. The highest BCUT2D eigenvalue weighted by Crippen LogP contribution is 2.29. The highest BCUT2D eigenvalue weighted by Gasteiger charge is 2.20. The second-order valence-electron chi connectivity index (χ2n) is 6.83. The Morgan fingerprint density at radius 1 is 1.16 bits per heavy atom. The summed E-state index contributed by atoms with van der Waals surface area (Å²) in [4.78, 5) is 14.3. The molecule has 0 saturated carbocycles. The molecule has 1 unspecified atom stereocenters. The smallest absolute Gasteiger partial charge is 0.339 e. The molecule has 1 fully saturated rings. The van der Waals surface area contributed by atoms with Crippen molar-refractivity contribution in [3.63, 3.8) is 0 Å². The molecule has 0 spiro atoms. The number of likely N-dealkylation sites (tertiary alicyclic amines) is 1. The van der Waals surface area contributed by atoms with Gasteiger partial charge in [0.25, 0.3) is 0 Å². The van der Waals surface area contributed by atoms with Crippen LogP contribution in [0, 0.1) is 0 Å². The van der Waals surface area contributed by atoms with E-state index >= 15 is 0 Å². The third-order valence-corrected chi connectivity index (χ3v) is 5.06. The number of hydrogen-bond donors (Lipinski definition) is 1. The number of halogens is 1. The summed E-state index contributed by atoms with van der Waals surface area (Å²) in [7, 11) is 0. The van der Waals surface area contributed by atoms with Crippen molar-refractivity contribution >= 4 is 23.4 Å². The zero-order valence-electron chi connectivity index (χ0n) is 14.2. The summed E-state index contributed by atoms with van der Waals surface area (Å²) in [6.07, 6.45) is 4.68. The molecule has 0 amide bonds. The Morgan fingerprint density at radius 2 is 1.92 bits per heavy atom. The van der Waals surface area contributed by atoms with Crippen LogP contribution < -0.4 is 10.4 Å². The molecule has 5 nitrogen and oxygen atoms in total. The number of β-amino-alcohol motifs (C(OH)–C–C–N with tert-alkyl or cyclic N) is 1. The first-order valence-corrected chi connectivity index (χ1v) is 8.82. The van der Waals surface area contributed by atoms with Crippen LogP contribution in [0.15, 0.2) is 27.4 Å². The van der Waals surface area contributed by atoms with Gasteiger partial charge in [-0.25, -0.2) is 4.79 Å². The summed E-state index contributed by atoms with van der Waals surface area (Å²) in [6, 6.07) is 5.62. The molecule has 1 aliphatic heterocycles. The minimum Gasteiger partial charge on any atom is -0.491 e. The highest BCUT2D eigenvalue weighted by atomic mass is 35.5. The van der Waals surface area contributed by atoms with Crippen LogP contribution in [0.4, 0.5) is 0 Å². The quantitative estimate of drug-likeness (QED) is 0.825. The minimum absolute atomic E-state index is 0. The Labute approximate surface area is 153 Å². The molecule has 0 radical (unpaired) electrons. The van der Waals surface area contributed by atoms with Gasteiger partial charge in [0, 0.05) is 23.6 Å². The van der Waals surface area contributed by atoms with Gasteiger partial charge in [0.15, 0.2) is 0 Å². The summed E-state index contributed by atoms with van der Waals surface area (Å²) in [5.41, 5.74) is 2.31. The van der Waals surface area contributed by atoms with Crippen molar-refractivity contribution in [2.24, 2.45) is 0 Å². The van der Waals surface area contributed by atoms with Crippen molar-refractivity contribution in [3.05, 3.63) is 39.7 Å². The summed E-state index contributed by atoms with van der Waals surface area (Å²) in [5, 5.41) is 11.1. The number of fused-ring (bicyclic) bond motifs is 3. The first-order chi connectivity index (χ1) is 11.7. The van der Waals surface area contributed by atoms with Gasteiger partial charge in [-0.2, -0.15) is 0 Å². The summed E-state index contributed by atoms with van der Waals surface area (Å²) in [6.45, 7) is 3.01. The third kappa shape index (κ3) is 3.84. The van der Waals surface area contributed by atoms with E-state index in [1.54, 1.807) is 6.07 Å². The molecule has 1 atom stereocenters. The second kappa shape index (κ2) is 7.77. The normalized spacial score (nSPS) is 18.1. The van der Waals surface area contributed by atoms with E-state index in [1.165, 1.54) is 12.8 Å². The average Bonchev–Trinajstić information content (AvgIpc) is 3.24. The van der Waals surface area contributed by atoms with Crippen molar-refractivity contribution in [2.45, 2.75) is 38.2 Å². The van der Waals surface area contributed by atoms with Crippen LogP contribution in [0.1, 0.15) is 30.4 Å². The van der Waals surface area contributed by atoms with Crippen molar-refractivity contribution in [1.29, 1.82) is 0 Å². The van der Waals surface area contributed by atoms with Gasteiger partial charge in [0.05, 0.1) is 0 Å². The van der Waals surface area contributed by atoms with Gasteiger partial charge in [-0.15, -0.1) is 12.4 Å². The van der Waals surface area contributed by atoms with E-state index in [2.05, 4.69) is 4.90 Å². The Hall–Kier alpha value is -1.56. The number of ether oxygens (including phenoxy) is 1. The minimum atomic E-state index is -0.508. The van der Waals surface area contributed by atoms with Gasteiger partial charge in [0.1, 0.15) is 24.0 Å². The molecule has 2 aromatic rings. The topological polar surface area (TPSA) is 62.9 Å². The van der Waals surface area contributed by atoms with Crippen molar-refractivity contribution in [3.8, 4) is 5.75 Å². The predicted molar refractivity (Wildman–Crippen MR) is 98.9 cm³/mol. The van der Waals surface area contributed by atoms with Crippen LogP contribution in [0.5, 0.6) is 5.75 Å². The maximum absolute atomic E-state index is 12.0. The fraction of sp³-hybridized carbons (Fsp3) is 0.526. The third-order valence-electron chi connectivity index (χ3n) is 5.06. The fourth-order valence-corrected chi connectivity index (χ4v) is 3.86. The van der Waals surface area contributed by atoms with E-state index in [4.69, 9.17) is 9.15 Å². The summed E-state index contributed by atoms with van der Waals surface area (Å²) >= 11 is 0. The first kappa shape index (κ1) is 18.2. The molecule has 1 aromatic carbocycles. The van der Waals surface area contributed by atoms with Crippen LogP contribution in [0.3, 0.4) is 0 Å². The lowest BCUT2D eigenvalue weighted by Gasteiger charge is -2.19. The molecule has 2 heterocycles. The molecule has 4 rings (SSSR count). The molecule has 25 heavy (non-hydrogen) atoms. The van der Waals surface area contributed by atoms with Crippen molar-refractivity contribution in [2.75, 3.05) is 26.2 Å². The van der Waals surface area contributed by atoms with Crippen LogP contribution in [-0.4, -0.2) is 42.4 Å². The molecule has 136 valence electrons. The number of aryl methyl sites for hydroxylation is 1. The van der Waals surface area contributed by atoms with Crippen molar-refractivity contribution < 1.29 is 14.3 Å². The molecule has 1 aromatic heterocycles. The van der Waals surface area contributed by atoms with Crippen LogP contribution in [-0.2, 0) is 12.8 Å². The van der Waals surface area contributed by atoms with Gasteiger partial charge in [-0.05, 0) is 62.9 Å². The van der Waals surface area contributed by atoms with E-state index in [1.807, 2.05) is 12.1 Å². The lowest BCUT2D eigenvalue weighted by molar-refractivity contribution is 0.0758. The lowest BCUT2D eigenvalue weighted by atomic mass is 10.1. The van der Waals surface area contributed by atoms with Crippen LogP contribution >= 0.6 is 12.4 Å². The van der Waals surface area contributed by atoms with Gasteiger partial charge >= 0.3 is 5.63 Å². The molecule has 0 bridgehead atoms. The van der Waals surface area contributed by atoms with Gasteiger partial charge in [-0.3, -0.25) is 0 Å². The molecular formula is C19H24ClNO4. The van der Waals surface area contributed by atoms with E-state index in [0.29, 0.717) is 17.9 Å². The number of aliphatic hydroxyl groups excluding tert-OH is 1. The SMILES string of the molecule is Cl.O=c1oc2cc(OCC(O)CN3CCCC3)ccc2c2c1CCC2. The number of hydrogen-bond acceptors (Lipinski definition) is 5. The lowest BCUT2D eigenvalue weighted by Crippen LogP contribution is -2.33. The van der Waals surface area contributed by atoms with Gasteiger partial charge < -0.3 is 19.2 Å². The maximum atomic E-state index is 12.0. The van der Waals surface area contributed by atoms with E-state index in [9.17, 15) is 9.90 Å². The molecule has 1 N–H and O–H groups in total.